The minimum Gasteiger partial charge on any atom is -0.381 e. The van der Waals surface area contributed by atoms with Crippen LogP contribution in [0.2, 0.25) is 0 Å². The van der Waals surface area contributed by atoms with Crippen LogP contribution in [0, 0.1) is 0 Å². The summed E-state index contributed by atoms with van der Waals surface area (Å²) in [6, 6.07) is -0.268. The molecule has 0 saturated carbocycles. The van der Waals surface area contributed by atoms with Crippen LogP contribution in [-0.2, 0) is 4.79 Å². The van der Waals surface area contributed by atoms with Gasteiger partial charge in [-0.2, -0.15) is 0 Å². The number of aliphatic hydroxyl groups excluding tert-OH is 1. The van der Waals surface area contributed by atoms with E-state index < -0.39 is 12.0 Å². The number of carbonyl (C=O) groups is 2. The van der Waals surface area contributed by atoms with Crippen LogP contribution in [0.15, 0.2) is 0 Å². The second-order valence-electron chi connectivity index (χ2n) is 2.60. The Kier molecular flexibility index (Phi) is 2.49. The van der Waals surface area contributed by atoms with Crippen molar-refractivity contribution in [3.8, 4) is 0 Å². The van der Waals surface area contributed by atoms with Crippen LogP contribution in [0.1, 0.15) is 0 Å². The molecule has 68 valence electrons. The normalized spacial score (nSPS) is 19.1. The van der Waals surface area contributed by atoms with E-state index in [1.807, 2.05) is 0 Å². The number of urea groups is 1. The lowest BCUT2D eigenvalue weighted by molar-refractivity contribution is -0.126. The average Bonchev–Trinajstić information content (AvgIpc) is 2.36. The van der Waals surface area contributed by atoms with E-state index in [0.29, 0.717) is 13.1 Å². The van der Waals surface area contributed by atoms with Gasteiger partial charge in [-0.15, -0.1) is 0 Å². The molecule has 0 aromatic rings. The standard InChI is InChI=1S/C6H11N3O3/c7-5(11)4(10)3-9-2-1-8-6(9)12/h4,10H,1-3H2,(H2,7,11)(H,8,12). The molecular formula is C6H11N3O3. The van der Waals surface area contributed by atoms with Crippen molar-refractivity contribution in [1.29, 1.82) is 0 Å². The fourth-order valence-corrected chi connectivity index (χ4v) is 0.984. The summed E-state index contributed by atoms with van der Waals surface area (Å²) in [5.74, 6) is -0.810. The maximum atomic E-state index is 10.9. The van der Waals surface area contributed by atoms with Crippen LogP contribution in [0.4, 0.5) is 4.79 Å². The lowest BCUT2D eigenvalue weighted by Crippen LogP contribution is -2.41. The molecule has 6 heteroatoms. The smallest absolute Gasteiger partial charge is 0.317 e. The minimum absolute atomic E-state index is 0.0266. The molecule has 0 aliphatic carbocycles. The zero-order chi connectivity index (χ0) is 9.14. The van der Waals surface area contributed by atoms with Crippen LogP contribution in [-0.4, -0.2) is 47.7 Å². The van der Waals surface area contributed by atoms with Crippen LogP contribution in [0.25, 0.3) is 0 Å². The number of nitrogens with two attached hydrogens (primary N) is 1. The first-order valence-corrected chi connectivity index (χ1v) is 3.61. The van der Waals surface area contributed by atoms with E-state index >= 15 is 0 Å². The molecule has 12 heavy (non-hydrogen) atoms. The number of amides is 3. The van der Waals surface area contributed by atoms with Gasteiger partial charge >= 0.3 is 6.03 Å². The molecule has 1 saturated heterocycles. The highest BCUT2D eigenvalue weighted by atomic mass is 16.3. The van der Waals surface area contributed by atoms with Crippen molar-refractivity contribution in [3.63, 3.8) is 0 Å². The Morgan fingerprint density at radius 2 is 2.50 bits per heavy atom. The Labute approximate surface area is 69.3 Å². The monoisotopic (exact) mass is 173 g/mol. The topological polar surface area (TPSA) is 95.7 Å². The van der Waals surface area contributed by atoms with Gasteiger partial charge in [0.25, 0.3) is 0 Å². The molecule has 0 aromatic heterocycles. The Hall–Kier alpha value is -1.30. The molecule has 1 aliphatic rings. The molecule has 0 spiro atoms. The molecule has 1 aliphatic heterocycles. The van der Waals surface area contributed by atoms with Gasteiger partial charge in [-0.05, 0) is 0 Å². The number of nitrogens with zero attached hydrogens (tertiary/aromatic N) is 1. The summed E-state index contributed by atoms with van der Waals surface area (Å²) in [5, 5.41) is 11.5. The van der Waals surface area contributed by atoms with E-state index in [2.05, 4.69) is 5.32 Å². The Bertz CT molecular complexity index is 206. The predicted molar refractivity (Wildman–Crippen MR) is 40.2 cm³/mol. The van der Waals surface area contributed by atoms with Gasteiger partial charge in [0.05, 0.1) is 6.54 Å². The molecule has 0 aromatic carbocycles. The molecule has 1 unspecified atom stereocenters. The van der Waals surface area contributed by atoms with Crippen LogP contribution < -0.4 is 11.1 Å². The third-order valence-corrected chi connectivity index (χ3v) is 1.67. The van der Waals surface area contributed by atoms with Gasteiger partial charge in [0.1, 0.15) is 6.10 Å². The van der Waals surface area contributed by atoms with E-state index in [0.717, 1.165) is 0 Å². The number of carbonyl (C=O) groups excluding carboxylic acids is 2. The molecule has 1 atom stereocenters. The zero-order valence-electron chi connectivity index (χ0n) is 6.49. The average molecular weight is 173 g/mol. The van der Waals surface area contributed by atoms with E-state index in [1.165, 1.54) is 4.90 Å². The summed E-state index contributed by atoms with van der Waals surface area (Å²) in [5.41, 5.74) is 4.81. The number of nitrogens with one attached hydrogen (secondary N) is 1. The lowest BCUT2D eigenvalue weighted by atomic mass is 10.3. The fraction of sp³-hybridized carbons (Fsp3) is 0.667. The molecule has 1 fully saturated rings. The third-order valence-electron chi connectivity index (χ3n) is 1.67. The van der Waals surface area contributed by atoms with Gasteiger partial charge in [0.15, 0.2) is 0 Å². The maximum Gasteiger partial charge on any atom is 0.317 e. The largest absolute Gasteiger partial charge is 0.381 e. The van der Waals surface area contributed by atoms with Crippen LogP contribution >= 0.6 is 0 Å². The lowest BCUT2D eigenvalue weighted by Gasteiger charge is -2.15. The summed E-state index contributed by atoms with van der Waals surface area (Å²) >= 11 is 0. The van der Waals surface area contributed by atoms with Gasteiger partial charge in [-0.25, -0.2) is 4.79 Å². The molecule has 4 N–H and O–H groups in total. The van der Waals surface area contributed by atoms with Gasteiger partial charge in [0, 0.05) is 13.1 Å². The number of β-amino-alcohol motifs (C(OH)–C–C–N with tert-alkyl or cyclic N) is 1. The first-order valence-electron chi connectivity index (χ1n) is 3.61. The van der Waals surface area contributed by atoms with E-state index in [1.54, 1.807) is 0 Å². The van der Waals surface area contributed by atoms with Crippen LogP contribution in [0.5, 0.6) is 0 Å². The maximum absolute atomic E-state index is 10.9. The SMILES string of the molecule is NC(=O)C(O)CN1CCNC1=O. The summed E-state index contributed by atoms with van der Waals surface area (Å²) in [6.45, 7) is 1.02. The quantitative estimate of drug-likeness (QED) is 0.454. The van der Waals surface area contributed by atoms with Crippen molar-refractivity contribution in [1.82, 2.24) is 10.2 Å². The van der Waals surface area contributed by atoms with Crippen molar-refractivity contribution >= 4 is 11.9 Å². The van der Waals surface area contributed by atoms with Crippen molar-refractivity contribution in [2.45, 2.75) is 6.10 Å². The van der Waals surface area contributed by atoms with Crippen LogP contribution in [0.3, 0.4) is 0 Å². The molecule has 1 heterocycles. The second kappa shape index (κ2) is 3.40. The van der Waals surface area contributed by atoms with Crippen molar-refractivity contribution in [2.75, 3.05) is 19.6 Å². The molecule has 0 bridgehead atoms. The van der Waals surface area contributed by atoms with Crippen molar-refractivity contribution in [2.24, 2.45) is 5.73 Å². The van der Waals surface area contributed by atoms with E-state index in [4.69, 9.17) is 10.8 Å². The summed E-state index contributed by atoms with van der Waals surface area (Å²) < 4.78 is 0. The van der Waals surface area contributed by atoms with Gasteiger partial charge in [-0.1, -0.05) is 0 Å². The summed E-state index contributed by atoms with van der Waals surface area (Å²) in [6.07, 6.45) is -1.27. The fourth-order valence-electron chi connectivity index (χ4n) is 0.984. The molecule has 6 nitrogen and oxygen atoms in total. The Morgan fingerprint density at radius 1 is 1.83 bits per heavy atom. The molecule has 1 rings (SSSR count). The number of hydrogen-bond acceptors (Lipinski definition) is 3. The minimum atomic E-state index is -1.27. The number of hydrogen-bond donors (Lipinski definition) is 3. The van der Waals surface area contributed by atoms with Crippen molar-refractivity contribution < 1.29 is 14.7 Å². The highest BCUT2D eigenvalue weighted by molar-refractivity contribution is 5.81. The third kappa shape index (κ3) is 1.85. The van der Waals surface area contributed by atoms with Gasteiger partial charge < -0.3 is 21.1 Å². The van der Waals surface area contributed by atoms with Crippen molar-refractivity contribution in [3.05, 3.63) is 0 Å². The predicted octanol–water partition coefficient (Wildman–Crippen LogP) is -2.14. The molecule has 3 amide bonds. The molecule has 0 radical (unpaired) electrons. The number of primary amides is 1. The Balaban J connectivity index is 2.40. The number of rotatable bonds is 3. The zero-order valence-corrected chi connectivity index (χ0v) is 6.49. The highest BCUT2D eigenvalue weighted by Crippen LogP contribution is 1.97. The van der Waals surface area contributed by atoms with E-state index in [-0.39, 0.29) is 12.6 Å². The highest BCUT2D eigenvalue weighted by Gasteiger charge is 2.23. The number of aliphatic hydroxyl groups is 1. The summed E-state index contributed by atoms with van der Waals surface area (Å²) in [7, 11) is 0. The molecular weight excluding hydrogens is 162 g/mol. The summed E-state index contributed by atoms with van der Waals surface area (Å²) in [4.78, 5) is 22.6. The first-order chi connectivity index (χ1) is 5.61. The second-order valence-corrected chi connectivity index (χ2v) is 2.60. The van der Waals surface area contributed by atoms with Gasteiger partial charge in [0.2, 0.25) is 5.91 Å². The van der Waals surface area contributed by atoms with E-state index in [9.17, 15) is 9.59 Å². The Morgan fingerprint density at radius 3 is 2.92 bits per heavy atom. The first kappa shape index (κ1) is 8.79. The van der Waals surface area contributed by atoms with Gasteiger partial charge in [-0.3, -0.25) is 4.79 Å².